The number of piperidine rings is 1. The number of fused-ring (bicyclic) bond motifs is 2. The number of halogens is 1. The molecule has 2 N–H and O–H groups in total. The number of aromatic nitrogens is 4. The van der Waals surface area contributed by atoms with Crippen molar-refractivity contribution in [2.24, 2.45) is 0 Å². The van der Waals surface area contributed by atoms with E-state index in [0.29, 0.717) is 18.2 Å². The van der Waals surface area contributed by atoms with Crippen molar-refractivity contribution in [1.29, 1.82) is 0 Å². The lowest BCUT2D eigenvalue weighted by Crippen LogP contribution is -2.48. The van der Waals surface area contributed by atoms with E-state index < -0.39 is 10.0 Å². The van der Waals surface area contributed by atoms with E-state index in [1.165, 1.54) is 6.26 Å². The highest BCUT2D eigenvalue weighted by molar-refractivity contribution is 7.88. The molecule has 2 aliphatic rings. The largest absolute Gasteiger partial charge is 0.363 e. The van der Waals surface area contributed by atoms with Crippen LogP contribution in [0.15, 0.2) is 24.7 Å². The maximum Gasteiger partial charge on any atom is 0.209 e. The number of sulfonamides is 1. The van der Waals surface area contributed by atoms with Gasteiger partial charge in [0.05, 0.1) is 17.6 Å². The predicted molar refractivity (Wildman–Crippen MR) is 126 cm³/mol. The molecule has 3 aromatic rings. The Kier molecular flexibility index (Phi) is 5.47. The Morgan fingerprint density at radius 2 is 2.16 bits per heavy atom. The highest BCUT2D eigenvalue weighted by atomic mass is 35.5. The molecule has 2 atom stereocenters. The topological polar surface area (TPSA) is 107 Å². The van der Waals surface area contributed by atoms with Crippen LogP contribution in [0.4, 0.5) is 11.5 Å². The van der Waals surface area contributed by atoms with Crippen molar-refractivity contribution >= 4 is 44.2 Å². The molecule has 5 rings (SSSR count). The number of H-pyrrole nitrogens is 1. The van der Waals surface area contributed by atoms with Gasteiger partial charge < -0.3 is 14.8 Å². The number of nitrogens with zero attached hydrogens (tertiary/aromatic N) is 5. The monoisotopic (exact) mass is 475 g/mol. The fraction of sp³-hybridized carbons (Fsp3) is 0.476. The predicted octanol–water partition coefficient (Wildman–Crippen LogP) is 2.48. The van der Waals surface area contributed by atoms with E-state index in [4.69, 9.17) is 11.6 Å². The van der Waals surface area contributed by atoms with Crippen molar-refractivity contribution in [3.8, 4) is 0 Å². The van der Waals surface area contributed by atoms with Crippen LogP contribution >= 0.6 is 11.6 Å². The zero-order valence-electron chi connectivity index (χ0n) is 18.0. The molecule has 5 heterocycles. The van der Waals surface area contributed by atoms with Gasteiger partial charge in [-0.2, -0.15) is 0 Å². The van der Waals surface area contributed by atoms with Crippen LogP contribution in [0, 0.1) is 0 Å². The second-order valence-electron chi connectivity index (χ2n) is 8.68. The van der Waals surface area contributed by atoms with Crippen LogP contribution in [0.2, 0.25) is 5.15 Å². The molecular formula is C21H26ClN7O2S. The molecule has 11 heteroatoms. The fourth-order valence-corrected chi connectivity index (χ4v) is 5.87. The van der Waals surface area contributed by atoms with Gasteiger partial charge in [0.25, 0.3) is 0 Å². The number of hydrogen-bond donors (Lipinski definition) is 2. The minimum absolute atomic E-state index is 0.124. The molecule has 0 saturated carbocycles. The third-order valence-corrected chi connectivity index (χ3v) is 7.20. The second-order valence-corrected chi connectivity index (χ2v) is 10.9. The molecule has 0 aliphatic carbocycles. The smallest absolute Gasteiger partial charge is 0.209 e. The summed E-state index contributed by atoms with van der Waals surface area (Å²) in [6.07, 6.45) is 7.21. The summed E-state index contributed by atoms with van der Waals surface area (Å²) >= 11 is 6.32. The number of anilines is 2. The highest BCUT2D eigenvalue weighted by Crippen LogP contribution is 2.36. The third-order valence-electron chi connectivity index (χ3n) is 6.25. The molecule has 32 heavy (non-hydrogen) atoms. The van der Waals surface area contributed by atoms with Crippen LogP contribution < -0.4 is 14.5 Å². The Morgan fingerprint density at radius 3 is 2.97 bits per heavy atom. The van der Waals surface area contributed by atoms with Crippen molar-refractivity contribution in [3.05, 3.63) is 41.1 Å². The van der Waals surface area contributed by atoms with Crippen LogP contribution in [0.3, 0.4) is 0 Å². The molecular weight excluding hydrogens is 450 g/mol. The van der Waals surface area contributed by atoms with Gasteiger partial charge in [0.1, 0.15) is 22.9 Å². The van der Waals surface area contributed by atoms with Gasteiger partial charge in [-0.1, -0.05) is 11.6 Å². The van der Waals surface area contributed by atoms with Gasteiger partial charge >= 0.3 is 0 Å². The molecule has 0 radical (unpaired) electrons. The minimum atomic E-state index is -3.26. The first-order valence-electron chi connectivity index (χ1n) is 10.7. The Bertz CT molecular complexity index is 1260. The van der Waals surface area contributed by atoms with Crippen LogP contribution in [-0.2, 0) is 23.0 Å². The number of aromatic amines is 1. The van der Waals surface area contributed by atoms with E-state index in [2.05, 4.69) is 41.4 Å². The van der Waals surface area contributed by atoms with Gasteiger partial charge in [-0.15, -0.1) is 0 Å². The Balaban J connectivity index is 1.49. The Hall–Kier alpha value is -2.43. The van der Waals surface area contributed by atoms with Crippen LogP contribution in [0.1, 0.15) is 31.0 Å². The van der Waals surface area contributed by atoms with Crippen LogP contribution in [-0.4, -0.2) is 59.8 Å². The summed E-state index contributed by atoms with van der Waals surface area (Å²) in [5.74, 6) is 0.886. The maximum absolute atomic E-state index is 11.7. The molecule has 0 amide bonds. The minimum Gasteiger partial charge on any atom is -0.363 e. The van der Waals surface area contributed by atoms with Crippen molar-refractivity contribution in [2.75, 3.05) is 29.1 Å². The maximum atomic E-state index is 11.7. The first-order chi connectivity index (χ1) is 15.3. The summed E-state index contributed by atoms with van der Waals surface area (Å²) in [4.78, 5) is 21.3. The van der Waals surface area contributed by atoms with Gasteiger partial charge in [0, 0.05) is 55.3 Å². The molecule has 0 bridgehead atoms. The van der Waals surface area contributed by atoms with E-state index in [9.17, 15) is 8.42 Å². The van der Waals surface area contributed by atoms with E-state index >= 15 is 0 Å². The summed E-state index contributed by atoms with van der Waals surface area (Å²) < 4.78 is 26.2. The van der Waals surface area contributed by atoms with Gasteiger partial charge in [-0.3, -0.25) is 0 Å². The summed E-state index contributed by atoms with van der Waals surface area (Å²) in [6.45, 7) is 4.26. The Morgan fingerprint density at radius 1 is 1.31 bits per heavy atom. The van der Waals surface area contributed by atoms with Crippen molar-refractivity contribution in [2.45, 2.75) is 44.8 Å². The van der Waals surface area contributed by atoms with Gasteiger partial charge in [0.15, 0.2) is 0 Å². The average molecular weight is 476 g/mol. The Labute approximate surface area is 192 Å². The zero-order chi connectivity index (χ0) is 22.5. The molecule has 0 aromatic carbocycles. The van der Waals surface area contributed by atoms with Crippen molar-refractivity contribution < 1.29 is 8.42 Å². The quantitative estimate of drug-likeness (QED) is 0.558. The summed E-state index contributed by atoms with van der Waals surface area (Å²) in [7, 11) is -3.26. The fourth-order valence-electron chi connectivity index (χ4n) is 4.88. The molecule has 1 saturated heterocycles. The van der Waals surface area contributed by atoms with Gasteiger partial charge in [-0.25, -0.2) is 28.1 Å². The molecule has 170 valence electrons. The van der Waals surface area contributed by atoms with Crippen LogP contribution in [0.25, 0.3) is 11.0 Å². The highest BCUT2D eigenvalue weighted by Gasteiger charge is 2.31. The van der Waals surface area contributed by atoms with Gasteiger partial charge in [0.2, 0.25) is 10.0 Å². The van der Waals surface area contributed by atoms with Crippen LogP contribution in [0.5, 0.6) is 0 Å². The standard InChI is InChI=1S/C21H26ClN7O2S/c1-13-8-17-16(11-29(13)18-9-19(22)26-20-15(18)5-6-23-20)21(25-12-24-17)28-7-3-4-14(10-28)27-32(2,30)31/h5-6,9,12-14,27H,3-4,7-8,10-11H2,1-2H3,(H,23,26)/t13-,14-/m1/s1. The van der Waals surface area contributed by atoms with Gasteiger partial charge in [-0.05, 0) is 31.9 Å². The third kappa shape index (κ3) is 4.14. The summed E-state index contributed by atoms with van der Waals surface area (Å²) in [5, 5.41) is 1.47. The van der Waals surface area contributed by atoms with E-state index in [0.717, 1.165) is 59.6 Å². The number of nitrogens with one attached hydrogen (secondary N) is 2. The zero-order valence-corrected chi connectivity index (χ0v) is 19.6. The van der Waals surface area contributed by atoms with E-state index in [1.807, 2.05) is 18.3 Å². The average Bonchev–Trinajstić information content (AvgIpc) is 3.19. The van der Waals surface area contributed by atoms with Crippen molar-refractivity contribution in [1.82, 2.24) is 24.7 Å². The molecule has 0 spiro atoms. The molecule has 1 fully saturated rings. The number of pyridine rings is 1. The second kappa shape index (κ2) is 8.17. The lowest BCUT2D eigenvalue weighted by molar-refractivity contribution is 0.463. The lowest BCUT2D eigenvalue weighted by atomic mass is 9.97. The molecule has 3 aromatic heterocycles. The van der Waals surface area contributed by atoms with Crippen molar-refractivity contribution in [3.63, 3.8) is 0 Å². The first-order valence-corrected chi connectivity index (χ1v) is 13.0. The van der Waals surface area contributed by atoms with E-state index in [1.54, 1.807) is 6.33 Å². The number of rotatable bonds is 4. The molecule has 9 nitrogen and oxygen atoms in total. The summed E-state index contributed by atoms with van der Waals surface area (Å²) in [6, 6.07) is 4.03. The lowest BCUT2D eigenvalue weighted by Gasteiger charge is -2.40. The normalized spacial score (nSPS) is 21.7. The van der Waals surface area contributed by atoms with E-state index in [-0.39, 0.29) is 12.1 Å². The number of hydrogen-bond acceptors (Lipinski definition) is 7. The first kappa shape index (κ1) is 21.4. The SMILES string of the molecule is C[C@@H]1Cc2ncnc(N3CCC[C@@H](NS(C)(=O)=O)C3)c2CN1c1cc(Cl)nc2[nH]ccc12. The summed E-state index contributed by atoms with van der Waals surface area (Å²) in [5.41, 5.74) is 3.93. The molecule has 2 aliphatic heterocycles. The molecule has 0 unspecified atom stereocenters.